The van der Waals surface area contributed by atoms with Gasteiger partial charge in [0.05, 0.1) is 27.1 Å². The third-order valence-electron chi connectivity index (χ3n) is 3.99. The summed E-state index contributed by atoms with van der Waals surface area (Å²) in [5, 5.41) is 8.66. The highest BCUT2D eigenvalue weighted by Crippen LogP contribution is 2.44. The minimum absolute atomic E-state index is 0.171. The van der Waals surface area contributed by atoms with Crippen LogP contribution in [0.5, 0.6) is 0 Å². The van der Waals surface area contributed by atoms with Crippen LogP contribution in [-0.2, 0) is 0 Å². The number of benzene rings is 2. The zero-order valence-corrected chi connectivity index (χ0v) is 17.1. The van der Waals surface area contributed by atoms with E-state index in [4.69, 9.17) is 34.8 Å². The Balaban J connectivity index is 1.58. The molecule has 0 amide bonds. The van der Waals surface area contributed by atoms with Crippen molar-refractivity contribution >= 4 is 69.5 Å². The quantitative estimate of drug-likeness (QED) is 0.205. The molecule has 2 aromatic carbocycles. The molecule has 136 valence electrons. The van der Waals surface area contributed by atoms with Gasteiger partial charge in [-0.1, -0.05) is 64.8 Å². The van der Waals surface area contributed by atoms with Gasteiger partial charge in [0.2, 0.25) is 0 Å². The van der Waals surface area contributed by atoms with Crippen molar-refractivity contribution in [1.29, 1.82) is 0 Å². The molecule has 0 fully saturated rings. The first kappa shape index (κ1) is 18.4. The van der Waals surface area contributed by atoms with Crippen LogP contribution in [0.1, 0.15) is 12.5 Å². The van der Waals surface area contributed by atoms with E-state index in [1.165, 1.54) is 15.9 Å². The summed E-state index contributed by atoms with van der Waals surface area (Å²) in [6, 6.07) is 16.0. The fraction of sp³-hybridized carbons (Fsp3) is 0.0526. The van der Waals surface area contributed by atoms with Gasteiger partial charge in [-0.25, -0.2) is 4.98 Å². The SMILES string of the molecule is CC(=NNc1nc(Cl)c(Cl)cc1Cl)c1ccc2c(c1)Nc1ccccc1S2. The fourth-order valence-electron chi connectivity index (χ4n) is 2.59. The van der Waals surface area contributed by atoms with Gasteiger partial charge >= 0.3 is 0 Å². The second kappa shape index (κ2) is 7.60. The van der Waals surface area contributed by atoms with Crippen LogP contribution in [0.25, 0.3) is 0 Å². The third kappa shape index (κ3) is 3.87. The van der Waals surface area contributed by atoms with Gasteiger partial charge in [0.25, 0.3) is 0 Å². The van der Waals surface area contributed by atoms with E-state index in [9.17, 15) is 0 Å². The van der Waals surface area contributed by atoms with Crippen LogP contribution in [0.15, 0.2) is 63.4 Å². The standard InChI is InChI=1S/C19H13Cl3N4S/c1-10(25-26-19-13(21)9-12(20)18(22)24-19)11-6-7-17-15(8-11)23-14-4-2-3-5-16(14)27-17/h2-9,23H,1H3,(H,24,26). The molecule has 8 heteroatoms. The predicted octanol–water partition coefficient (Wildman–Crippen LogP) is 7.09. The topological polar surface area (TPSA) is 49.3 Å². The molecular formula is C19H13Cl3N4S. The van der Waals surface area contributed by atoms with Crippen LogP contribution in [0.4, 0.5) is 17.2 Å². The van der Waals surface area contributed by atoms with Crippen molar-refractivity contribution in [3.63, 3.8) is 0 Å². The van der Waals surface area contributed by atoms with Crippen molar-refractivity contribution in [3.8, 4) is 0 Å². The van der Waals surface area contributed by atoms with Crippen LogP contribution in [0.3, 0.4) is 0 Å². The monoisotopic (exact) mass is 434 g/mol. The van der Waals surface area contributed by atoms with E-state index in [-0.39, 0.29) is 5.15 Å². The summed E-state index contributed by atoms with van der Waals surface area (Å²) < 4.78 is 0. The number of anilines is 3. The van der Waals surface area contributed by atoms with E-state index in [0.717, 1.165) is 22.6 Å². The lowest BCUT2D eigenvalue weighted by Crippen LogP contribution is -2.04. The van der Waals surface area contributed by atoms with Gasteiger partial charge in [-0.3, -0.25) is 5.43 Å². The number of fused-ring (bicyclic) bond motifs is 2. The summed E-state index contributed by atoms with van der Waals surface area (Å²) in [6.07, 6.45) is 0. The average molecular weight is 436 g/mol. The lowest BCUT2D eigenvalue weighted by molar-refractivity contribution is 1.22. The molecule has 1 aromatic heterocycles. The van der Waals surface area contributed by atoms with Gasteiger partial charge in [0.1, 0.15) is 5.15 Å². The van der Waals surface area contributed by atoms with E-state index in [0.29, 0.717) is 15.9 Å². The first-order valence-corrected chi connectivity index (χ1v) is 9.96. The summed E-state index contributed by atoms with van der Waals surface area (Å²) >= 11 is 19.7. The molecule has 2 heterocycles. The van der Waals surface area contributed by atoms with Crippen molar-refractivity contribution in [2.24, 2.45) is 5.10 Å². The van der Waals surface area contributed by atoms with Crippen LogP contribution in [0, 0.1) is 0 Å². The molecule has 0 bridgehead atoms. The lowest BCUT2D eigenvalue weighted by atomic mass is 10.1. The maximum atomic E-state index is 6.12. The maximum absolute atomic E-state index is 6.12. The van der Waals surface area contributed by atoms with Crippen LogP contribution in [-0.4, -0.2) is 10.7 Å². The number of para-hydroxylation sites is 1. The molecule has 3 aromatic rings. The molecule has 0 radical (unpaired) electrons. The number of rotatable bonds is 3. The smallest absolute Gasteiger partial charge is 0.166 e. The highest BCUT2D eigenvalue weighted by Gasteiger charge is 2.16. The molecule has 0 spiro atoms. The first-order chi connectivity index (χ1) is 13.0. The third-order valence-corrected chi connectivity index (χ3v) is 6.10. The Labute approximate surface area is 175 Å². The zero-order valence-electron chi connectivity index (χ0n) is 14.1. The molecule has 27 heavy (non-hydrogen) atoms. The molecule has 0 saturated carbocycles. The Kier molecular flexibility index (Phi) is 5.19. The summed E-state index contributed by atoms with van der Waals surface area (Å²) in [4.78, 5) is 6.49. The number of halogens is 3. The Morgan fingerprint density at radius 2 is 1.78 bits per heavy atom. The predicted molar refractivity (Wildman–Crippen MR) is 115 cm³/mol. The van der Waals surface area contributed by atoms with Gasteiger partial charge in [-0.15, -0.1) is 0 Å². The van der Waals surface area contributed by atoms with Crippen molar-refractivity contribution in [2.45, 2.75) is 16.7 Å². The number of nitrogens with zero attached hydrogens (tertiary/aromatic N) is 2. The van der Waals surface area contributed by atoms with E-state index < -0.39 is 0 Å². The zero-order chi connectivity index (χ0) is 19.0. The highest BCUT2D eigenvalue weighted by atomic mass is 35.5. The molecule has 1 aliphatic heterocycles. The normalized spacial score (nSPS) is 12.8. The highest BCUT2D eigenvalue weighted by molar-refractivity contribution is 7.99. The lowest BCUT2D eigenvalue weighted by Gasteiger charge is -2.21. The van der Waals surface area contributed by atoms with Crippen molar-refractivity contribution in [1.82, 2.24) is 4.98 Å². The molecule has 4 nitrogen and oxygen atoms in total. The van der Waals surface area contributed by atoms with E-state index in [2.05, 4.69) is 45.1 Å². The molecule has 2 N–H and O–H groups in total. The Morgan fingerprint density at radius 3 is 2.63 bits per heavy atom. The second-order valence-corrected chi connectivity index (χ2v) is 8.09. The van der Waals surface area contributed by atoms with Crippen molar-refractivity contribution < 1.29 is 0 Å². The number of hydrogen-bond acceptors (Lipinski definition) is 5. The van der Waals surface area contributed by atoms with E-state index >= 15 is 0 Å². The Morgan fingerprint density at radius 1 is 1.00 bits per heavy atom. The second-order valence-electron chi connectivity index (χ2n) is 5.83. The summed E-state index contributed by atoms with van der Waals surface area (Å²) in [7, 11) is 0. The van der Waals surface area contributed by atoms with Crippen LogP contribution in [0.2, 0.25) is 15.2 Å². The van der Waals surface area contributed by atoms with Crippen LogP contribution >= 0.6 is 46.6 Å². The first-order valence-electron chi connectivity index (χ1n) is 8.01. The summed E-state index contributed by atoms with van der Waals surface area (Å²) in [6.45, 7) is 1.91. The Hall–Kier alpha value is -1.92. The molecular weight excluding hydrogens is 423 g/mol. The largest absolute Gasteiger partial charge is 0.354 e. The number of aromatic nitrogens is 1. The van der Waals surface area contributed by atoms with Crippen LogP contribution < -0.4 is 10.7 Å². The van der Waals surface area contributed by atoms with Gasteiger partial charge < -0.3 is 5.32 Å². The molecule has 0 aliphatic carbocycles. The molecule has 1 aliphatic rings. The number of hydrogen-bond donors (Lipinski definition) is 2. The fourth-order valence-corrected chi connectivity index (χ4v) is 4.10. The Bertz CT molecular complexity index is 1070. The minimum Gasteiger partial charge on any atom is -0.354 e. The van der Waals surface area contributed by atoms with E-state index in [1.807, 2.05) is 25.1 Å². The van der Waals surface area contributed by atoms with Gasteiger partial charge in [0, 0.05) is 9.79 Å². The number of nitrogens with one attached hydrogen (secondary N) is 2. The van der Waals surface area contributed by atoms with Crippen molar-refractivity contribution in [2.75, 3.05) is 10.7 Å². The minimum atomic E-state index is 0.171. The number of hydrazone groups is 1. The summed E-state index contributed by atoms with van der Waals surface area (Å²) in [5.74, 6) is 0.353. The molecule has 0 unspecified atom stereocenters. The van der Waals surface area contributed by atoms with Crippen molar-refractivity contribution in [3.05, 3.63) is 69.3 Å². The molecule has 4 rings (SSSR count). The van der Waals surface area contributed by atoms with E-state index in [1.54, 1.807) is 11.8 Å². The van der Waals surface area contributed by atoms with Gasteiger partial charge in [0.15, 0.2) is 5.82 Å². The van der Waals surface area contributed by atoms with Gasteiger partial charge in [-0.05, 0) is 42.8 Å². The average Bonchev–Trinajstić information content (AvgIpc) is 2.67. The molecule has 0 atom stereocenters. The maximum Gasteiger partial charge on any atom is 0.166 e. The van der Waals surface area contributed by atoms with Gasteiger partial charge in [-0.2, -0.15) is 5.10 Å². The molecule has 0 saturated heterocycles. The number of pyridine rings is 1. The summed E-state index contributed by atoms with van der Waals surface area (Å²) in [5.41, 5.74) is 6.77.